The number of nitrogens with two attached hydrogens (primary N) is 1. The van der Waals surface area contributed by atoms with Crippen LogP contribution in [0.25, 0.3) is 0 Å². The highest BCUT2D eigenvalue weighted by atomic mass is 32.1. The lowest BCUT2D eigenvalue weighted by Crippen LogP contribution is -2.11. The molecule has 0 spiro atoms. The van der Waals surface area contributed by atoms with E-state index in [0.717, 1.165) is 10.4 Å². The molecule has 5 heteroatoms. The smallest absolute Gasteiger partial charge is 0.180 e. The molecule has 0 amide bonds. The van der Waals surface area contributed by atoms with Gasteiger partial charge in [0.15, 0.2) is 5.84 Å². The number of hydrogen-bond acceptors (Lipinski definition) is 4. The molecule has 4 nitrogen and oxygen atoms in total. The van der Waals surface area contributed by atoms with Gasteiger partial charge in [0, 0.05) is 0 Å². The largest absolute Gasteiger partial charge is 0.389 e. The molecule has 2 N–H and O–H groups in total. The minimum absolute atomic E-state index is 0.331. The summed E-state index contributed by atoms with van der Waals surface area (Å²) in [5.74, 6) is 0.374. The normalized spacial score (nSPS) is 10.9. The van der Waals surface area contributed by atoms with Crippen molar-refractivity contribution in [2.45, 2.75) is 6.61 Å². The predicted molar refractivity (Wildman–Crippen MR) is 71.0 cm³/mol. The highest BCUT2D eigenvalue weighted by Crippen LogP contribution is 2.09. The first-order valence-corrected chi connectivity index (χ1v) is 6.16. The second-order valence-corrected chi connectivity index (χ2v) is 4.48. The summed E-state index contributed by atoms with van der Waals surface area (Å²) < 4.78 is 0. The summed E-state index contributed by atoms with van der Waals surface area (Å²) in [6.45, 7) is 0.331. The molecule has 1 aromatic carbocycles. The molecular weight excluding hydrogens is 246 g/mol. The number of benzene rings is 1. The van der Waals surface area contributed by atoms with Crippen molar-refractivity contribution in [3.05, 3.63) is 57.8 Å². The Morgan fingerprint density at radius 2 is 2.11 bits per heavy atom. The average Bonchev–Trinajstić information content (AvgIpc) is 2.93. The van der Waals surface area contributed by atoms with E-state index < -0.39 is 0 Å². The standard InChI is InChI=1S/C13H11N3OS/c14-8-10-3-5-11(6-4-10)9-17-16-13(15)12-2-1-7-18-12/h1-7H,9H2,(H2,15,16). The minimum Gasteiger partial charge on any atom is -0.389 e. The third-order valence-electron chi connectivity index (χ3n) is 2.25. The van der Waals surface area contributed by atoms with E-state index in [9.17, 15) is 0 Å². The van der Waals surface area contributed by atoms with Crippen molar-refractivity contribution in [2.75, 3.05) is 0 Å². The Morgan fingerprint density at radius 1 is 1.33 bits per heavy atom. The van der Waals surface area contributed by atoms with Gasteiger partial charge in [-0.3, -0.25) is 0 Å². The van der Waals surface area contributed by atoms with Crippen LogP contribution in [0.15, 0.2) is 46.9 Å². The summed E-state index contributed by atoms with van der Waals surface area (Å²) in [5.41, 5.74) is 7.31. The maximum Gasteiger partial charge on any atom is 0.180 e. The van der Waals surface area contributed by atoms with Crippen LogP contribution in [-0.4, -0.2) is 5.84 Å². The van der Waals surface area contributed by atoms with Gasteiger partial charge in [-0.25, -0.2) is 0 Å². The van der Waals surface area contributed by atoms with Crippen molar-refractivity contribution in [1.82, 2.24) is 0 Å². The van der Waals surface area contributed by atoms with Gasteiger partial charge in [0.1, 0.15) is 6.61 Å². The second kappa shape index (κ2) is 5.84. The summed E-state index contributed by atoms with van der Waals surface area (Å²) in [6.07, 6.45) is 0. The van der Waals surface area contributed by atoms with Gasteiger partial charge in [-0.2, -0.15) is 5.26 Å². The second-order valence-electron chi connectivity index (χ2n) is 3.54. The SMILES string of the molecule is N#Cc1ccc(CO/N=C(\N)c2cccs2)cc1. The van der Waals surface area contributed by atoms with Crippen molar-refractivity contribution in [3.63, 3.8) is 0 Å². The van der Waals surface area contributed by atoms with E-state index in [1.807, 2.05) is 29.6 Å². The van der Waals surface area contributed by atoms with Gasteiger partial charge in [0.05, 0.1) is 16.5 Å². The Balaban J connectivity index is 1.92. The molecule has 1 heterocycles. The first-order chi connectivity index (χ1) is 8.79. The maximum atomic E-state index is 8.66. The van der Waals surface area contributed by atoms with Gasteiger partial charge < -0.3 is 10.6 Å². The molecule has 0 saturated heterocycles. The van der Waals surface area contributed by atoms with E-state index >= 15 is 0 Å². The third-order valence-corrected chi connectivity index (χ3v) is 3.14. The highest BCUT2D eigenvalue weighted by molar-refractivity contribution is 7.12. The predicted octanol–water partition coefficient (Wildman–Crippen LogP) is 2.46. The first-order valence-electron chi connectivity index (χ1n) is 5.28. The minimum atomic E-state index is 0.331. The molecule has 1 aromatic heterocycles. The van der Waals surface area contributed by atoms with Gasteiger partial charge in [0.2, 0.25) is 0 Å². The fourth-order valence-electron chi connectivity index (χ4n) is 1.32. The van der Waals surface area contributed by atoms with E-state index in [4.69, 9.17) is 15.8 Å². The third kappa shape index (κ3) is 3.09. The van der Waals surface area contributed by atoms with Crippen molar-refractivity contribution in [3.8, 4) is 6.07 Å². The van der Waals surface area contributed by atoms with E-state index in [-0.39, 0.29) is 0 Å². The monoisotopic (exact) mass is 257 g/mol. The Labute approximate surface area is 109 Å². The van der Waals surface area contributed by atoms with Gasteiger partial charge in [-0.15, -0.1) is 11.3 Å². The lowest BCUT2D eigenvalue weighted by atomic mass is 10.2. The molecule has 0 aliphatic heterocycles. The Bertz CT molecular complexity index is 567. The van der Waals surface area contributed by atoms with Crippen LogP contribution in [0.4, 0.5) is 0 Å². The quantitative estimate of drug-likeness (QED) is 0.519. The highest BCUT2D eigenvalue weighted by Gasteiger charge is 1.99. The molecule has 0 bridgehead atoms. The fraction of sp³-hybridized carbons (Fsp3) is 0.0769. The number of thiophene rings is 1. The van der Waals surface area contributed by atoms with Crippen LogP contribution in [0, 0.1) is 11.3 Å². The molecule has 90 valence electrons. The van der Waals surface area contributed by atoms with Crippen molar-refractivity contribution >= 4 is 17.2 Å². The Hall–Kier alpha value is -2.32. The van der Waals surface area contributed by atoms with Gasteiger partial charge >= 0.3 is 0 Å². The van der Waals surface area contributed by atoms with E-state index in [1.165, 1.54) is 11.3 Å². The van der Waals surface area contributed by atoms with Gasteiger partial charge in [0.25, 0.3) is 0 Å². The van der Waals surface area contributed by atoms with Crippen LogP contribution in [0.2, 0.25) is 0 Å². The topological polar surface area (TPSA) is 71.4 Å². The zero-order valence-corrected chi connectivity index (χ0v) is 10.4. The van der Waals surface area contributed by atoms with Crippen LogP contribution in [-0.2, 0) is 11.4 Å². The number of oxime groups is 1. The first kappa shape index (κ1) is 12.1. The summed E-state index contributed by atoms with van der Waals surface area (Å²) >= 11 is 1.51. The summed E-state index contributed by atoms with van der Waals surface area (Å²) in [7, 11) is 0. The Kier molecular flexibility index (Phi) is 3.94. The molecule has 2 rings (SSSR count). The van der Waals surface area contributed by atoms with Crippen molar-refractivity contribution in [1.29, 1.82) is 5.26 Å². The maximum absolute atomic E-state index is 8.66. The van der Waals surface area contributed by atoms with Crippen molar-refractivity contribution < 1.29 is 4.84 Å². The molecule has 0 aliphatic carbocycles. The van der Waals surface area contributed by atoms with Crippen LogP contribution in [0.3, 0.4) is 0 Å². The summed E-state index contributed by atoms with van der Waals surface area (Å²) in [6, 6.07) is 13.0. The number of hydrogen-bond donors (Lipinski definition) is 1. The van der Waals surface area contributed by atoms with Crippen LogP contribution in [0.5, 0.6) is 0 Å². The number of nitrogens with zero attached hydrogens (tertiary/aromatic N) is 2. The molecule has 0 atom stereocenters. The van der Waals surface area contributed by atoms with Crippen LogP contribution >= 0.6 is 11.3 Å². The molecule has 0 fully saturated rings. The molecular formula is C13H11N3OS. The van der Waals surface area contributed by atoms with E-state index in [0.29, 0.717) is 18.0 Å². The Morgan fingerprint density at radius 3 is 2.72 bits per heavy atom. The lowest BCUT2D eigenvalue weighted by Gasteiger charge is -2.01. The molecule has 0 aliphatic rings. The van der Waals surface area contributed by atoms with Gasteiger partial charge in [-0.05, 0) is 29.1 Å². The van der Waals surface area contributed by atoms with Crippen LogP contribution in [0.1, 0.15) is 16.0 Å². The molecule has 0 unspecified atom stereocenters. The van der Waals surface area contributed by atoms with E-state index in [2.05, 4.69) is 11.2 Å². The van der Waals surface area contributed by atoms with Crippen LogP contribution < -0.4 is 5.73 Å². The summed E-state index contributed by atoms with van der Waals surface area (Å²) in [5, 5.41) is 14.4. The molecule has 18 heavy (non-hydrogen) atoms. The summed E-state index contributed by atoms with van der Waals surface area (Å²) in [4.78, 5) is 6.05. The molecule has 0 radical (unpaired) electrons. The number of rotatable bonds is 4. The molecule has 2 aromatic rings. The molecule has 0 saturated carbocycles. The number of nitriles is 1. The lowest BCUT2D eigenvalue weighted by molar-refractivity contribution is 0.130. The number of amidine groups is 1. The van der Waals surface area contributed by atoms with E-state index in [1.54, 1.807) is 12.1 Å². The average molecular weight is 257 g/mol. The zero-order chi connectivity index (χ0) is 12.8. The fourth-order valence-corrected chi connectivity index (χ4v) is 1.94. The zero-order valence-electron chi connectivity index (χ0n) is 9.54. The van der Waals surface area contributed by atoms with Crippen molar-refractivity contribution in [2.24, 2.45) is 10.9 Å². The van der Waals surface area contributed by atoms with Gasteiger partial charge in [-0.1, -0.05) is 23.4 Å².